The smallest absolute Gasteiger partial charge is 0.125 e. The van der Waals surface area contributed by atoms with E-state index in [0.717, 1.165) is 10.7 Å². The number of nitrogens with zero attached hydrogens (tertiary/aromatic N) is 2. The van der Waals surface area contributed by atoms with E-state index in [9.17, 15) is 0 Å². The van der Waals surface area contributed by atoms with E-state index in [1.165, 1.54) is 11.8 Å². The summed E-state index contributed by atoms with van der Waals surface area (Å²) < 4.78 is 5.18. The number of rotatable bonds is 2. The average Bonchev–Trinajstić information content (AvgIpc) is 2.68. The summed E-state index contributed by atoms with van der Waals surface area (Å²) in [5, 5.41) is 9.47. The Labute approximate surface area is 97.1 Å². The third-order valence-corrected chi connectivity index (χ3v) is 3.25. The minimum atomic E-state index is 0.413. The zero-order chi connectivity index (χ0) is 11.5. The molecule has 16 heavy (non-hydrogen) atoms. The lowest BCUT2D eigenvalue weighted by molar-refractivity contribution is 0.527. The van der Waals surface area contributed by atoms with Crippen LogP contribution in [0.5, 0.6) is 0 Å². The van der Waals surface area contributed by atoms with Crippen molar-refractivity contribution in [3.8, 4) is 6.07 Å². The van der Waals surface area contributed by atoms with Crippen LogP contribution in [0.2, 0.25) is 0 Å². The molecule has 0 aromatic carbocycles. The molecule has 0 aliphatic heterocycles. The van der Waals surface area contributed by atoms with Gasteiger partial charge < -0.3 is 10.2 Å². The Morgan fingerprint density at radius 2 is 2.31 bits per heavy atom. The molecule has 0 atom stereocenters. The first kappa shape index (κ1) is 10.6. The Bertz CT molecular complexity index is 557. The summed E-state index contributed by atoms with van der Waals surface area (Å²) in [7, 11) is 0. The van der Waals surface area contributed by atoms with Crippen molar-refractivity contribution in [1.29, 1.82) is 5.26 Å². The van der Waals surface area contributed by atoms with Crippen molar-refractivity contribution in [3.05, 3.63) is 35.9 Å². The van der Waals surface area contributed by atoms with Crippen LogP contribution in [-0.4, -0.2) is 4.98 Å². The number of anilines is 1. The molecule has 2 heterocycles. The SMILES string of the molecule is Cc1occc1Sc1nccc(C#N)c1N. The van der Waals surface area contributed by atoms with Crippen LogP contribution in [0.25, 0.3) is 0 Å². The number of pyridine rings is 1. The predicted octanol–water partition coefficient (Wildman–Crippen LogP) is 2.59. The molecule has 0 saturated carbocycles. The molecule has 2 aromatic heterocycles. The van der Waals surface area contributed by atoms with Gasteiger partial charge in [-0.3, -0.25) is 0 Å². The van der Waals surface area contributed by atoms with E-state index in [1.54, 1.807) is 18.5 Å². The van der Waals surface area contributed by atoms with Crippen molar-refractivity contribution in [1.82, 2.24) is 4.98 Å². The van der Waals surface area contributed by atoms with E-state index in [2.05, 4.69) is 4.98 Å². The summed E-state index contributed by atoms with van der Waals surface area (Å²) in [6.45, 7) is 1.87. The standard InChI is InChI=1S/C11H9N3OS/c1-7-9(3-5-15-7)16-11-10(13)8(6-12)2-4-14-11/h2-5H,13H2,1H3. The maximum atomic E-state index is 8.84. The van der Waals surface area contributed by atoms with Gasteiger partial charge in [-0.25, -0.2) is 4.98 Å². The molecular formula is C11H9N3OS. The summed E-state index contributed by atoms with van der Waals surface area (Å²) in [5.74, 6) is 0.813. The summed E-state index contributed by atoms with van der Waals surface area (Å²) in [4.78, 5) is 5.10. The van der Waals surface area contributed by atoms with Gasteiger partial charge in [0.05, 0.1) is 22.4 Å². The maximum Gasteiger partial charge on any atom is 0.125 e. The van der Waals surface area contributed by atoms with Crippen LogP contribution in [0.1, 0.15) is 11.3 Å². The van der Waals surface area contributed by atoms with Gasteiger partial charge in [-0.2, -0.15) is 5.26 Å². The van der Waals surface area contributed by atoms with Gasteiger partial charge in [0.25, 0.3) is 0 Å². The zero-order valence-electron chi connectivity index (χ0n) is 8.60. The van der Waals surface area contributed by atoms with Gasteiger partial charge in [0.15, 0.2) is 0 Å². The lowest BCUT2D eigenvalue weighted by Crippen LogP contribution is -1.95. The molecule has 2 aromatic rings. The highest BCUT2D eigenvalue weighted by Gasteiger charge is 2.10. The number of furan rings is 1. The zero-order valence-corrected chi connectivity index (χ0v) is 9.41. The number of hydrogen-bond donors (Lipinski definition) is 1. The van der Waals surface area contributed by atoms with Crippen LogP contribution in [0.4, 0.5) is 5.69 Å². The highest BCUT2D eigenvalue weighted by molar-refractivity contribution is 7.99. The van der Waals surface area contributed by atoms with Gasteiger partial charge in [-0.1, -0.05) is 11.8 Å². The first-order valence-corrected chi connectivity index (χ1v) is 5.40. The number of nitrogens with two attached hydrogens (primary N) is 1. The van der Waals surface area contributed by atoms with E-state index in [0.29, 0.717) is 16.3 Å². The Morgan fingerprint density at radius 3 is 2.94 bits per heavy atom. The number of aryl methyl sites for hydroxylation is 1. The molecule has 0 radical (unpaired) electrons. The number of nitriles is 1. The van der Waals surface area contributed by atoms with Crippen LogP contribution in [-0.2, 0) is 0 Å². The molecule has 0 aliphatic carbocycles. The fraction of sp³-hybridized carbons (Fsp3) is 0.0909. The summed E-state index contributed by atoms with van der Waals surface area (Å²) in [5.41, 5.74) is 6.68. The van der Waals surface area contributed by atoms with E-state index in [1.807, 2.05) is 19.1 Å². The lowest BCUT2D eigenvalue weighted by atomic mass is 10.2. The Morgan fingerprint density at radius 1 is 1.50 bits per heavy atom. The van der Waals surface area contributed by atoms with Crippen molar-refractivity contribution >= 4 is 17.4 Å². The van der Waals surface area contributed by atoms with Gasteiger partial charge in [-0.15, -0.1) is 0 Å². The molecular weight excluding hydrogens is 222 g/mol. The van der Waals surface area contributed by atoms with Crippen molar-refractivity contribution in [2.45, 2.75) is 16.8 Å². The topological polar surface area (TPSA) is 75.8 Å². The minimum absolute atomic E-state index is 0.413. The van der Waals surface area contributed by atoms with Crippen LogP contribution in [0, 0.1) is 18.3 Å². The third-order valence-electron chi connectivity index (χ3n) is 2.09. The molecule has 0 aliphatic rings. The van der Waals surface area contributed by atoms with E-state index in [-0.39, 0.29) is 0 Å². The largest absolute Gasteiger partial charge is 0.468 e. The molecule has 2 N–H and O–H groups in total. The van der Waals surface area contributed by atoms with Gasteiger partial charge in [-0.05, 0) is 19.1 Å². The van der Waals surface area contributed by atoms with Gasteiger partial charge in [0.2, 0.25) is 0 Å². The van der Waals surface area contributed by atoms with Crippen molar-refractivity contribution in [2.75, 3.05) is 5.73 Å². The summed E-state index contributed by atoms with van der Waals surface area (Å²) in [6, 6.07) is 5.47. The minimum Gasteiger partial charge on any atom is -0.468 e. The van der Waals surface area contributed by atoms with Gasteiger partial charge >= 0.3 is 0 Å². The highest BCUT2D eigenvalue weighted by atomic mass is 32.2. The number of nitrogen functional groups attached to an aromatic ring is 1. The first-order valence-electron chi connectivity index (χ1n) is 4.59. The van der Waals surface area contributed by atoms with Crippen molar-refractivity contribution < 1.29 is 4.42 Å². The van der Waals surface area contributed by atoms with Crippen LogP contribution in [0.15, 0.2) is 38.9 Å². The first-order chi connectivity index (χ1) is 7.72. The van der Waals surface area contributed by atoms with E-state index >= 15 is 0 Å². The molecule has 4 nitrogen and oxygen atoms in total. The molecule has 0 saturated heterocycles. The Kier molecular flexibility index (Phi) is 2.84. The molecule has 0 spiro atoms. The van der Waals surface area contributed by atoms with Gasteiger partial charge in [0.1, 0.15) is 16.9 Å². The number of hydrogen-bond acceptors (Lipinski definition) is 5. The van der Waals surface area contributed by atoms with Crippen LogP contribution < -0.4 is 5.73 Å². The quantitative estimate of drug-likeness (QED) is 0.859. The molecule has 5 heteroatoms. The second kappa shape index (κ2) is 4.29. The maximum absolute atomic E-state index is 8.84. The molecule has 80 valence electrons. The summed E-state index contributed by atoms with van der Waals surface area (Å²) >= 11 is 1.40. The normalized spacial score (nSPS) is 10.0. The fourth-order valence-corrected chi connectivity index (χ4v) is 2.07. The predicted molar refractivity (Wildman–Crippen MR) is 60.9 cm³/mol. The van der Waals surface area contributed by atoms with E-state index in [4.69, 9.17) is 15.4 Å². The second-order valence-electron chi connectivity index (χ2n) is 3.13. The van der Waals surface area contributed by atoms with Gasteiger partial charge in [0, 0.05) is 6.20 Å². The Balaban J connectivity index is 2.36. The van der Waals surface area contributed by atoms with Crippen molar-refractivity contribution in [3.63, 3.8) is 0 Å². The van der Waals surface area contributed by atoms with Crippen LogP contribution >= 0.6 is 11.8 Å². The third kappa shape index (κ3) is 1.88. The monoisotopic (exact) mass is 231 g/mol. The second-order valence-corrected chi connectivity index (χ2v) is 4.16. The molecule has 0 amide bonds. The Hall–Kier alpha value is -1.93. The number of aromatic nitrogens is 1. The molecule has 0 unspecified atom stereocenters. The molecule has 0 fully saturated rings. The molecule has 0 bridgehead atoms. The lowest BCUT2D eigenvalue weighted by Gasteiger charge is -2.04. The summed E-state index contributed by atoms with van der Waals surface area (Å²) in [6.07, 6.45) is 3.19. The van der Waals surface area contributed by atoms with E-state index < -0.39 is 0 Å². The fourth-order valence-electron chi connectivity index (χ4n) is 1.22. The van der Waals surface area contributed by atoms with Crippen LogP contribution in [0.3, 0.4) is 0 Å². The van der Waals surface area contributed by atoms with Crippen molar-refractivity contribution in [2.24, 2.45) is 0 Å². The average molecular weight is 231 g/mol. The molecule has 2 rings (SSSR count). The highest BCUT2D eigenvalue weighted by Crippen LogP contribution is 2.33.